The lowest BCUT2D eigenvalue weighted by atomic mass is 10.0. The Morgan fingerprint density at radius 2 is 1.89 bits per heavy atom. The van der Waals surface area contributed by atoms with Crippen LogP contribution in [0.2, 0.25) is 0 Å². The third kappa shape index (κ3) is 5.18. The van der Waals surface area contributed by atoms with Crippen molar-refractivity contribution < 1.29 is 15.3 Å². The van der Waals surface area contributed by atoms with Crippen molar-refractivity contribution in [3.8, 4) is 11.5 Å². The molecule has 0 bridgehead atoms. The Labute approximate surface area is 114 Å². The summed E-state index contributed by atoms with van der Waals surface area (Å²) in [5.74, 6) is 0.0149. The van der Waals surface area contributed by atoms with Crippen molar-refractivity contribution in [2.75, 3.05) is 0 Å². The van der Waals surface area contributed by atoms with E-state index in [1.165, 1.54) is 23.8 Å². The van der Waals surface area contributed by atoms with E-state index in [2.05, 4.69) is 19.9 Å². The zero-order chi connectivity index (χ0) is 14.4. The molecule has 3 nitrogen and oxygen atoms in total. The van der Waals surface area contributed by atoms with Crippen LogP contribution in [-0.4, -0.2) is 15.3 Å². The Morgan fingerprint density at radius 3 is 2.53 bits per heavy atom. The minimum absolute atomic E-state index is 0.0151. The quantitative estimate of drug-likeness (QED) is 0.558. The number of allylic oxidation sites excluding steroid dienone is 3. The Bertz CT molecular complexity index is 483. The van der Waals surface area contributed by atoms with Gasteiger partial charge in [0, 0.05) is 5.56 Å². The molecule has 0 radical (unpaired) electrons. The van der Waals surface area contributed by atoms with Gasteiger partial charge in [0.2, 0.25) is 0 Å². The van der Waals surface area contributed by atoms with Gasteiger partial charge in [-0.3, -0.25) is 0 Å². The van der Waals surface area contributed by atoms with Crippen LogP contribution < -0.4 is 0 Å². The third-order valence-corrected chi connectivity index (χ3v) is 2.86. The fraction of sp³-hybridized carbons (Fsp3) is 0.375. The molecule has 0 spiro atoms. The van der Waals surface area contributed by atoms with Crippen molar-refractivity contribution in [3.63, 3.8) is 0 Å². The predicted molar refractivity (Wildman–Crippen MR) is 77.2 cm³/mol. The van der Waals surface area contributed by atoms with E-state index in [9.17, 15) is 15.3 Å². The molecule has 0 fully saturated rings. The number of rotatable bonds is 5. The van der Waals surface area contributed by atoms with Gasteiger partial charge >= 0.3 is 0 Å². The third-order valence-electron chi connectivity index (χ3n) is 2.86. The largest absolute Gasteiger partial charge is 0.508 e. The van der Waals surface area contributed by atoms with Gasteiger partial charge in [0.15, 0.2) is 0 Å². The number of aromatic hydroxyl groups is 2. The van der Waals surface area contributed by atoms with Gasteiger partial charge in [0.1, 0.15) is 17.6 Å². The maximum absolute atomic E-state index is 10.0. The molecule has 1 aromatic rings. The second kappa shape index (κ2) is 7.00. The van der Waals surface area contributed by atoms with Crippen molar-refractivity contribution in [3.05, 3.63) is 47.1 Å². The molecule has 1 rings (SSSR count). The Kier molecular flexibility index (Phi) is 5.64. The number of aliphatic hydroxyl groups excluding tert-OH is 1. The fourth-order valence-corrected chi connectivity index (χ4v) is 1.81. The molecule has 0 saturated carbocycles. The summed E-state index contributed by atoms with van der Waals surface area (Å²) in [6.45, 7) is 6.05. The molecule has 1 aromatic carbocycles. The Morgan fingerprint density at radius 1 is 1.21 bits per heavy atom. The van der Waals surface area contributed by atoms with E-state index in [1.807, 2.05) is 6.92 Å². The summed E-state index contributed by atoms with van der Waals surface area (Å²) < 4.78 is 0. The van der Waals surface area contributed by atoms with Crippen LogP contribution in [0.5, 0.6) is 11.5 Å². The van der Waals surface area contributed by atoms with Crippen LogP contribution in [0.4, 0.5) is 0 Å². The van der Waals surface area contributed by atoms with Crippen LogP contribution in [0.1, 0.15) is 45.3 Å². The van der Waals surface area contributed by atoms with Gasteiger partial charge in [-0.25, -0.2) is 0 Å². The normalized spacial score (nSPS) is 13.2. The van der Waals surface area contributed by atoms with E-state index in [1.54, 1.807) is 6.08 Å². The van der Waals surface area contributed by atoms with Gasteiger partial charge < -0.3 is 15.3 Å². The van der Waals surface area contributed by atoms with Crippen LogP contribution in [0.3, 0.4) is 0 Å². The van der Waals surface area contributed by atoms with Crippen molar-refractivity contribution in [2.45, 2.75) is 39.7 Å². The minimum Gasteiger partial charge on any atom is -0.508 e. The highest BCUT2D eigenvalue weighted by atomic mass is 16.3. The molecule has 0 aromatic heterocycles. The molecule has 0 aliphatic rings. The molecular formula is C16H22O3. The number of phenols is 2. The van der Waals surface area contributed by atoms with Gasteiger partial charge in [-0.05, 0) is 51.8 Å². The zero-order valence-corrected chi connectivity index (χ0v) is 11.7. The second-order valence-electron chi connectivity index (χ2n) is 5.02. The summed E-state index contributed by atoms with van der Waals surface area (Å²) in [6.07, 6.45) is 4.74. The lowest BCUT2D eigenvalue weighted by molar-refractivity contribution is 0.222. The summed E-state index contributed by atoms with van der Waals surface area (Å²) in [5, 5.41) is 29.1. The lowest BCUT2D eigenvalue weighted by Crippen LogP contribution is -1.95. The number of aliphatic hydroxyl groups is 1. The standard InChI is InChI=1S/C16H22O3/c1-11(2)5-4-6-12(3)9-16(19)14-10-13(17)7-8-15(14)18/h5,7-10,16-19H,4,6H2,1-3H3/b12-9+. The van der Waals surface area contributed by atoms with Gasteiger partial charge in [-0.1, -0.05) is 23.3 Å². The maximum atomic E-state index is 10.0. The van der Waals surface area contributed by atoms with E-state index in [0.29, 0.717) is 5.56 Å². The first-order valence-electron chi connectivity index (χ1n) is 6.40. The van der Waals surface area contributed by atoms with Crippen LogP contribution >= 0.6 is 0 Å². The average molecular weight is 262 g/mol. The predicted octanol–water partition coefficient (Wildman–Crippen LogP) is 3.82. The zero-order valence-electron chi connectivity index (χ0n) is 11.7. The maximum Gasteiger partial charge on any atom is 0.121 e. The molecule has 3 heteroatoms. The van der Waals surface area contributed by atoms with E-state index in [0.717, 1.165) is 18.4 Å². The summed E-state index contributed by atoms with van der Waals surface area (Å²) >= 11 is 0. The summed E-state index contributed by atoms with van der Waals surface area (Å²) in [6, 6.07) is 4.14. The van der Waals surface area contributed by atoms with Crippen LogP contribution in [0, 0.1) is 0 Å². The molecule has 0 saturated heterocycles. The van der Waals surface area contributed by atoms with Gasteiger partial charge in [0.05, 0.1) is 0 Å². The molecule has 0 heterocycles. The molecule has 104 valence electrons. The molecule has 1 unspecified atom stereocenters. The monoisotopic (exact) mass is 262 g/mol. The first-order chi connectivity index (χ1) is 8.90. The number of hydrogen-bond acceptors (Lipinski definition) is 3. The highest BCUT2D eigenvalue weighted by Gasteiger charge is 2.10. The molecule has 0 amide bonds. The Hall–Kier alpha value is -1.74. The van der Waals surface area contributed by atoms with Crippen LogP contribution in [0.25, 0.3) is 0 Å². The summed E-state index contributed by atoms with van der Waals surface area (Å²) in [7, 11) is 0. The van der Waals surface area contributed by atoms with Crippen molar-refractivity contribution in [1.29, 1.82) is 0 Å². The number of hydrogen-bond donors (Lipinski definition) is 3. The molecule has 3 N–H and O–H groups in total. The Balaban J connectivity index is 2.74. The smallest absolute Gasteiger partial charge is 0.121 e. The average Bonchev–Trinajstić information content (AvgIpc) is 2.31. The van der Waals surface area contributed by atoms with E-state index >= 15 is 0 Å². The molecule has 0 aliphatic carbocycles. The van der Waals surface area contributed by atoms with E-state index in [4.69, 9.17) is 0 Å². The SMILES string of the molecule is CC(C)=CCC/C(C)=C/C(O)c1cc(O)ccc1O. The lowest BCUT2D eigenvalue weighted by Gasteiger charge is -2.10. The fourth-order valence-electron chi connectivity index (χ4n) is 1.81. The van der Waals surface area contributed by atoms with Gasteiger partial charge in [0.25, 0.3) is 0 Å². The van der Waals surface area contributed by atoms with Crippen molar-refractivity contribution in [2.24, 2.45) is 0 Å². The van der Waals surface area contributed by atoms with Crippen molar-refractivity contribution in [1.82, 2.24) is 0 Å². The summed E-state index contributed by atoms with van der Waals surface area (Å²) in [5.41, 5.74) is 2.65. The molecule has 19 heavy (non-hydrogen) atoms. The van der Waals surface area contributed by atoms with Crippen LogP contribution in [0.15, 0.2) is 41.5 Å². The first kappa shape index (κ1) is 15.3. The molecule has 0 aliphatic heterocycles. The van der Waals surface area contributed by atoms with Gasteiger partial charge in [-0.15, -0.1) is 0 Å². The van der Waals surface area contributed by atoms with Crippen molar-refractivity contribution >= 4 is 0 Å². The highest BCUT2D eigenvalue weighted by Crippen LogP contribution is 2.29. The van der Waals surface area contributed by atoms with Gasteiger partial charge in [-0.2, -0.15) is 0 Å². The minimum atomic E-state index is -0.904. The molecule has 1 atom stereocenters. The first-order valence-corrected chi connectivity index (χ1v) is 6.40. The molecular weight excluding hydrogens is 240 g/mol. The number of phenolic OH excluding ortho intramolecular Hbond substituents is 2. The topological polar surface area (TPSA) is 60.7 Å². The second-order valence-corrected chi connectivity index (χ2v) is 5.02. The number of benzene rings is 1. The van der Waals surface area contributed by atoms with E-state index < -0.39 is 6.10 Å². The van der Waals surface area contributed by atoms with Crippen LogP contribution in [-0.2, 0) is 0 Å². The summed E-state index contributed by atoms with van der Waals surface area (Å²) in [4.78, 5) is 0. The highest BCUT2D eigenvalue weighted by molar-refractivity contribution is 5.41. The van der Waals surface area contributed by atoms with E-state index in [-0.39, 0.29) is 11.5 Å².